The highest BCUT2D eigenvalue weighted by molar-refractivity contribution is 6.32. The van der Waals surface area contributed by atoms with Crippen LogP contribution in [0.25, 0.3) is 0 Å². The van der Waals surface area contributed by atoms with Gasteiger partial charge in [0, 0.05) is 0 Å². The van der Waals surface area contributed by atoms with Crippen LogP contribution in [0.1, 0.15) is 10.5 Å². The first kappa shape index (κ1) is 14.1. The molecule has 0 saturated carbocycles. The average Bonchev–Trinajstić information content (AvgIpc) is 2.84. The topological polar surface area (TPSA) is 164 Å². The second-order valence-corrected chi connectivity index (χ2v) is 4.30. The van der Waals surface area contributed by atoms with Crippen LogP contribution in [0.2, 0.25) is 5.15 Å². The van der Waals surface area contributed by atoms with E-state index in [0.717, 1.165) is 0 Å². The molecule has 0 unspecified atom stereocenters. The van der Waals surface area contributed by atoms with Gasteiger partial charge in [0.2, 0.25) is 0 Å². The lowest BCUT2D eigenvalue weighted by atomic mass is 10.1. The highest BCUT2D eigenvalue weighted by Gasteiger charge is 2.56. The zero-order valence-corrected chi connectivity index (χ0v) is 10.1. The molecular formula is C8H11ClN4O6. The third-order valence-corrected chi connectivity index (χ3v) is 3.09. The molecule has 106 valence electrons. The van der Waals surface area contributed by atoms with E-state index in [1.54, 1.807) is 0 Å². The van der Waals surface area contributed by atoms with Crippen molar-refractivity contribution in [1.29, 1.82) is 0 Å². The fourth-order valence-corrected chi connectivity index (χ4v) is 2.02. The van der Waals surface area contributed by atoms with Crippen LogP contribution in [0.5, 0.6) is 0 Å². The molecule has 6 N–H and O–H groups in total. The molecule has 1 aromatic rings. The quantitative estimate of drug-likeness (QED) is 0.388. The second-order valence-electron chi connectivity index (χ2n) is 3.94. The smallest absolute Gasteiger partial charge is 0.301 e. The summed E-state index contributed by atoms with van der Waals surface area (Å²) < 4.78 is 5.41. The van der Waals surface area contributed by atoms with Gasteiger partial charge in [-0.3, -0.25) is 4.79 Å². The first-order valence-electron chi connectivity index (χ1n) is 5.11. The van der Waals surface area contributed by atoms with Crippen molar-refractivity contribution in [3.05, 3.63) is 10.8 Å². The van der Waals surface area contributed by atoms with Gasteiger partial charge in [-0.25, -0.2) is 0 Å². The molecule has 19 heavy (non-hydrogen) atoms. The van der Waals surface area contributed by atoms with E-state index < -0.39 is 47.6 Å². The van der Waals surface area contributed by atoms with Crippen LogP contribution in [-0.4, -0.2) is 66.2 Å². The Morgan fingerprint density at radius 2 is 2.21 bits per heavy atom. The SMILES string of the molecule is NC(=O)c1nnn([C@@]2(O)O[C@H](CO)[C@@H](O)[C@H]2O)c1Cl. The van der Waals surface area contributed by atoms with Gasteiger partial charge in [0.05, 0.1) is 6.61 Å². The molecule has 2 rings (SSSR count). The Hall–Kier alpha value is -1.30. The molecule has 0 spiro atoms. The van der Waals surface area contributed by atoms with Crippen LogP contribution in [0, 0.1) is 0 Å². The van der Waals surface area contributed by atoms with Gasteiger partial charge < -0.3 is 30.9 Å². The van der Waals surface area contributed by atoms with Crippen LogP contribution in [0.4, 0.5) is 0 Å². The molecule has 2 heterocycles. The van der Waals surface area contributed by atoms with Crippen molar-refractivity contribution in [2.24, 2.45) is 5.73 Å². The Morgan fingerprint density at radius 3 is 2.63 bits per heavy atom. The van der Waals surface area contributed by atoms with Gasteiger partial charge in [-0.15, -0.1) is 5.10 Å². The number of nitrogens with two attached hydrogens (primary N) is 1. The molecule has 0 radical (unpaired) electrons. The number of carbonyl (C=O) groups is 1. The molecular weight excluding hydrogens is 284 g/mol. The van der Waals surface area contributed by atoms with Crippen molar-refractivity contribution < 1.29 is 30.0 Å². The predicted octanol–water partition coefficient (Wildman–Crippen LogP) is -3.25. The van der Waals surface area contributed by atoms with Crippen molar-refractivity contribution in [2.75, 3.05) is 6.61 Å². The fourth-order valence-electron chi connectivity index (χ4n) is 1.73. The minimum Gasteiger partial charge on any atom is -0.394 e. The van der Waals surface area contributed by atoms with Gasteiger partial charge in [-0.1, -0.05) is 16.8 Å². The predicted molar refractivity (Wildman–Crippen MR) is 57.7 cm³/mol. The molecule has 1 saturated heterocycles. The average molecular weight is 295 g/mol. The third kappa shape index (κ3) is 1.98. The maximum Gasteiger partial charge on any atom is 0.301 e. The number of ether oxygens (including phenoxy) is 1. The number of hydrogen-bond donors (Lipinski definition) is 5. The first-order valence-corrected chi connectivity index (χ1v) is 5.49. The largest absolute Gasteiger partial charge is 0.394 e. The number of primary amides is 1. The van der Waals surface area contributed by atoms with Crippen LogP contribution in [0.3, 0.4) is 0 Å². The summed E-state index contributed by atoms with van der Waals surface area (Å²) in [7, 11) is 0. The Labute approximate surface area is 111 Å². The summed E-state index contributed by atoms with van der Waals surface area (Å²) in [6.45, 7) is -0.657. The number of hydrogen-bond acceptors (Lipinski definition) is 8. The van der Waals surface area contributed by atoms with Crippen LogP contribution in [-0.2, 0) is 10.6 Å². The normalized spacial score (nSPS) is 34.7. The molecule has 10 nitrogen and oxygen atoms in total. The molecule has 1 aromatic heterocycles. The highest BCUT2D eigenvalue weighted by atomic mass is 35.5. The highest BCUT2D eigenvalue weighted by Crippen LogP contribution is 2.35. The molecule has 0 aliphatic carbocycles. The number of nitrogens with zero attached hydrogens (tertiary/aromatic N) is 3. The zero-order chi connectivity index (χ0) is 14.4. The Morgan fingerprint density at radius 1 is 1.58 bits per heavy atom. The van der Waals surface area contributed by atoms with Gasteiger partial charge in [-0.05, 0) is 0 Å². The van der Waals surface area contributed by atoms with Crippen LogP contribution >= 0.6 is 11.6 Å². The van der Waals surface area contributed by atoms with E-state index in [2.05, 4.69) is 10.3 Å². The summed E-state index contributed by atoms with van der Waals surface area (Å²) in [5, 5.41) is 44.6. The minimum atomic E-state index is -2.56. The van der Waals surface area contributed by atoms with Gasteiger partial charge in [0.25, 0.3) is 5.91 Å². The summed E-state index contributed by atoms with van der Waals surface area (Å²) in [5.41, 5.74) is 4.53. The summed E-state index contributed by atoms with van der Waals surface area (Å²) in [5.74, 6) is -3.56. The van der Waals surface area contributed by atoms with E-state index in [1.165, 1.54) is 0 Å². The van der Waals surface area contributed by atoms with E-state index in [0.29, 0.717) is 4.68 Å². The zero-order valence-electron chi connectivity index (χ0n) is 9.34. The first-order chi connectivity index (χ1) is 8.82. The lowest BCUT2D eigenvalue weighted by Gasteiger charge is -2.25. The van der Waals surface area contributed by atoms with Crippen molar-refractivity contribution in [3.8, 4) is 0 Å². The summed E-state index contributed by atoms with van der Waals surface area (Å²) >= 11 is 5.73. The fraction of sp³-hybridized carbons (Fsp3) is 0.625. The van der Waals surface area contributed by atoms with Crippen LogP contribution < -0.4 is 5.73 Å². The van der Waals surface area contributed by atoms with E-state index >= 15 is 0 Å². The van der Waals surface area contributed by atoms with Gasteiger partial charge in [0.15, 0.2) is 17.0 Å². The van der Waals surface area contributed by atoms with E-state index in [4.69, 9.17) is 27.2 Å². The number of rotatable bonds is 3. The van der Waals surface area contributed by atoms with Crippen molar-refractivity contribution >= 4 is 17.5 Å². The Balaban J connectivity index is 2.43. The summed E-state index contributed by atoms with van der Waals surface area (Å²) in [4.78, 5) is 11.0. The molecule has 11 heteroatoms. The molecule has 1 aliphatic rings. The number of carbonyl (C=O) groups excluding carboxylic acids is 1. The number of halogens is 1. The molecule has 4 atom stereocenters. The Bertz CT molecular complexity index is 509. The summed E-state index contributed by atoms with van der Waals surface area (Å²) in [6.07, 6.45) is -4.69. The molecule has 1 fully saturated rings. The van der Waals surface area contributed by atoms with Crippen LogP contribution in [0.15, 0.2) is 0 Å². The monoisotopic (exact) mass is 294 g/mol. The minimum absolute atomic E-state index is 0.437. The molecule has 1 aliphatic heterocycles. The number of amides is 1. The van der Waals surface area contributed by atoms with Crippen molar-refractivity contribution in [2.45, 2.75) is 24.2 Å². The second kappa shape index (κ2) is 4.67. The molecule has 1 amide bonds. The standard InChI is InChI=1S/C8H11ClN4O6/c9-6-3(7(10)17)11-12-13(6)8(18)5(16)4(15)2(1-14)19-8/h2,4-5,14-16,18H,1H2,(H2,10,17)/t2-,4-,5-,8+/m1/s1. The number of aliphatic hydroxyl groups is 4. The molecule has 0 aromatic carbocycles. The van der Waals surface area contributed by atoms with E-state index in [9.17, 15) is 20.1 Å². The van der Waals surface area contributed by atoms with Gasteiger partial charge >= 0.3 is 5.91 Å². The lowest BCUT2D eigenvalue weighted by Crippen LogP contribution is -2.46. The molecule has 0 bridgehead atoms. The number of aromatic nitrogens is 3. The van der Waals surface area contributed by atoms with Gasteiger partial charge in [-0.2, -0.15) is 4.68 Å². The maximum atomic E-state index is 11.0. The lowest BCUT2D eigenvalue weighted by molar-refractivity contribution is -0.295. The van der Waals surface area contributed by atoms with Crippen molar-refractivity contribution in [3.63, 3.8) is 0 Å². The summed E-state index contributed by atoms with van der Waals surface area (Å²) in [6, 6.07) is 0. The third-order valence-electron chi connectivity index (χ3n) is 2.75. The van der Waals surface area contributed by atoms with Crippen molar-refractivity contribution in [1.82, 2.24) is 15.0 Å². The maximum absolute atomic E-state index is 11.0. The van der Waals surface area contributed by atoms with E-state index in [-0.39, 0.29) is 0 Å². The van der Waals surface area contributed by atoms with Gasteiger partial charge in [0.1, 0.15) is 12.2 Å². The van der Waals surface area contributed by atoms with E-state index in [1.807, 2.05) is 0 Å². The Kier molecular flexibility index (Phi) is 3.47. The number of aliphatic hydroxyl groups excluding tert-OH is 3.